The molecule has 6 heteroatoms. The Hall–Kier alpha value is -1.27. The van der Waals surface area contributed by atoms with E-state index in [-0.39, 0.29) is 6.04 Å². The van der Waals surface area contributed by atoms with Crippen molar-refractivity contribution in [2.75, 3.05) is 6.54 Å². The summed E-state index contributed by atoms with van der Waals surface area (Å²) < 4.78 is 3.01. The summed E-state index contributed by atoms with van der Waals surface area (Å²) in [6.45, 7) is 6.09. The average Bonchev–Trinajstić information content (AvgIpc) is 2.83. The molecular formula is C14H20BrN5. The Kier molecular flexibility index (Phi) is 5.67. The predicted molar refractivity (Wildman–Crippen MR) is 82.4 cm³/mol. The van der Waals surface area contributed by atoms with Crippen LogP contribution in [0, 0.1) is 0 Å². The molecule has 0 spiro atoms. The maximum atomic E-state index is 4.43. The molecule has 0 aliphatic heterocycles. The van der Waals surface area contributed by atoms with Crippen LogP contribution in [0.4, 0.5) is 0 Å². The van der Waals surface area contributed by atoms with E-state index in [1.165, 1.54) is 0 Å². The summed E-state index contributed by atoms with van der Waals surface area (Å²) in [5.41, 5.74) is 1.09. The van der Waals surface area contributed by atoms with Crippen molar-refractivity contribution in [3.8, 4) is 0 Å². The fourth-order valence-electron chi connectivity index (χ4n) is 2.11. The number of halogens is 1. The first-order chi connectivity index (χ1) is 9.77. The highest BCUT2D eigenvalue weighted by Gasteiger charge is 2.23. The fourth-order valence-corrected chi connectivity index (χ4v) is 2.63. The third kappa shape index (κ3) is 3.43. The normalized spacial score (nSPS) is 12.6. The van der Waals surface area contributed by atoms with Gasteiger partial charge in [-0.05, 0) is 41.4 Å². The molecule has 0 fully saturated rings. The van der Waals surface area contributed by atoms with Crippen LogP contribution in [0.3, 0.4) is 0 Å². The highest BCUT2D eigenvalue weighted by molar-refractivity contribution is 9.10. The van der Waals surface area contributed by atoms with Crippen molar-refractivity contribution in [1.82, 2.24) is 25.1 Å². The lowest BCUT2D eigenvalue weighted by atomic mass is 10.1. The summed E-state index contributed by atoms with van der Waals surface area (Å²) in [7, 11) is 0. The Labute approximate surface area is 128 Å². The Morgan fingerprint density at radius 3 is 2.65 bits per heavy atom. The quantitative estimate of drug-likeness (QED) is 0.843. The van der Waals surface area contributed by atoms with E-state index in [1.54, 1.807) is 12.4 Å². The van der Waals surface area contributed by atoms with Crippen LogP contribution in [0.2, 0.25) is 0 Å². The number of nitrogens with one attached hydrogen (secondary N) is 1. The molecule has 0 saturated carbocycles. The summed E-state index contributed by atoms with van der Waals surface area (Å²) in [5.74, 6) is 0.777. The van der Waals surface area contributed by atoms with Gasteiger partial charge in [-0.15, -0.1) is 0 Å². The molecule has 20 heavy (non-hydrogen) atoms. The zero-order valence-electron chi connectivity index (χ0n) is 11.9. The van der Waals surface area contributed by atoms with Crippen molar-refractivity contribution in [2.24, 2.45) is 0 Å². The van der Waals surface area contributed by atoms with E-state index < -0.39 is 0 Å². The van der Waals surface area contributed by atoms with Crippen molar-refractivity contribution in [3.05, 3.63) is 40.6 Å². The van der Waals surface area contributed by atoms with Gasteiger partial charge in [0.15, 0.2) is 5.82 Å². The maximum Gasteiger partial charge on any atom is 0.151 e. The average molecular weight is 338 g/mol. The summed E-state index contributed by atoms with van der Waals surface area (Å²) in [6, 6.07) is 1.79. The molecule has 0 bridgehead atoms. The number of aromatic nitrogens is 4. The molecule has 0 aliphatic rings. The van der Waals surface area contributed by atoms with Crippen LogP contribution < -0.4 is 5.32 Å². The van der Waals surface area contributed by atoms with Gasteiger partial charge in [0, 0.05) is 18.9 Å². The molecule has 5 nitrogen and oxygen atoms in total. The molecule has 0 saturated heterocycles. The molecular weight excluding hydrogens is 318 g/mol. The number of aryl methyl sites for hydroxylation is 1. The van der Waals surface area contributed by atoms with Crippen LogP contribution in [0.5, 0.6) is 0 Å². The van der Waals surface area contributed by atoms with Gasteiger partial charge in [0.1, 0.15) is 6.04 Å². The minimum atomic E-state index is -0.0421. The highest BCUT2D eigenvalue weighted by Crippen LogP contribution is 2.27. The van der Waals surface area contributed by atoms with E-state index in [0.717, 1.165) is 41.9 Å². The molecule has 1 unspecified atom stereocenters. The van der Waals surface area contributed by atoms with E-state index in [0.29, 0.717) is 0 Å². The Balaban J connectivity index is 2.38. The van der Waals surface area contributed by atoms with Gasteiger partial charge in [-0.25, -0.2) is 9.97 Å². The standard InChI is InChI=1S/C14H20BrN5/c1-3-6-16-12(14-17-7-5-8-18-14)13-11(15)10-19-20(13)9-4-2/h5,7-8,10,12,16H,3-4,6,9H2,1-2H3. The molecule has 0 aromatic carbocycles. The van der Waals surface area contributed by atoms with Gasteiger partial charge in [-0.3, -0.25) is 4.68 Å². The fraction of sp³-hybridized carbons (Fsp3) is 0.500. The van der Waals surface area contributed by atoms with E-state index in [2.05, 4.69) is 50.2 Å². The molecule has 2 aromatic rings. The third-order valence-corrected chi connectivity index (χ3v) is 3.60. The van der Waals surface area contributed by atoms with Crippen molar-refractivity contribution >= 4 is 15.9 Å². The second kappa shape index (κ2) is 7.50. The van der Waals surface area contributed by atoms with Gasteiger partial charge in [0.05, 0.1) is 16.4 Å². The van der Waals surface area contributed by atoms with Gasteiger partial charge >= 0.3 is 0 Å². The minimum absolute atomic E-state index is 0.0421. The van der Waals surface area contributed by atoms with Crippen LogP contribution >= 0.6 is 15.9 Å². The number of hydrogen-bond acceptors (Lipinski definition) is 4. The molecule has 2 aromatic heterocycles. The summed E-state index contributed by atoms with van der Waals surface area (Å²) in [4.78, 5) is 8.79. The lowest BCUT2D eigenvalue weighted by Gasteiger charge is -2.19. The Morgan fingerprint density at radius 2 is 2.00 bits per heavy atom. The molecule has 1 N–H and O–H groups in total. The van der Waals surface area contributed by atoms with E-state index in [1.807, 2.05) is 16.9 Å². The maximum absolute atomic E-state index is 4.43. The van der Waals surface area contributed by atoms with Crippen LogP contribution in [0.25, 0.3) is 0 Å². The molecule has 0 amide bonds. The smallest absolute Gasteiger partial charge is 0.151 e. The molecule has 1 atom stereocenters. The first-order valence-electron chi connectivity index (χ1n) is 6.99. The summed E-state index contributed by atoms with van der Waals surface area (Å²) in [5, 5.41) is 7.95. The minimum Gasteiger partial charge on any atom is -0.302 e. The lowest BCUT2D eigenvalue weighted by Crippen LogP contribution is -2.27. The SMILES string of the molecule is CCCNC(c1ncccn1)c1c(Br)cnn1CCC. The zero-order valence-corrected chi connectivity index (χ0v) is 13.5. The van der Waals surface area contributed by atoms with E-state index in [4.69, 9.17) is 0 Å². The number of rotatable bonds is 7. The molecule has 0 aliphatic carbocycles. The van der Waals surface area contributed by atoms with Crippen LogP contribution in [-0.2, 0) is 6.54 Å². The lowest BCUT2D eigenvalue weighted by molar-refractivity contribution is 0.496. The second-order valence-corrected chi connectivity index (χ2v) is 5.45. The highest BCUT2D eigenvalue weighted by atomic mass is 79.9. The van der Waals surface area contributed by atoms with Gasteiger partial charge < -0.3 is 5.32 Å². The molecule has 2 rings (SSSR count). The summed E-state index contributed by atoms with van der Waals surface area (Å²) >= 11 is 3.60. The van der Waals surface area contributed by atoms with Gasteiger partial charge in [0.25, 0.3) is 0 Å². The van der Waals surface area contributed by atoms with Crippen LogP contribution in [0.15, 0.2) is 29.1 Å². The van der Waals surface area contributed by atoms with Crippen molar-refractivity contribution in [3.63, 3.8) is 0 Å². The third-order valence-electron chi connectivity index (χ3n) is 2.98. The van der Waals surface area contributed by atoms with Crippen molar-refractivity contribution < 1.29 is 0 Å². The Bertz CT molecular complexity index is 526. The zero-order chi connectivity index (χ0) is 14.4. The Morgan fingerprint density at radius 1 is 1.25 bits per heavy atom. The van der Waals surface area contributed by atoms with Crippen molar-refractivity contribution in [2.45, 2.75) is 39.3 Å². The van der Waals surface area contributed by atoms with Crippen LogP contribution in [0.1, 0.15) is 44.2 Å². The first kappa shape index (κ1) is 15.1. The molecule has 0 radical (unpaired) electrons. The monoisotopic (exact) mass is 337 g/mol. The van der Waals surface area contributed by atoms with Gasteiger partial charge in [0.2, 0.25) is 0 Å². The van der Waals surface area contributed by atoms with Crippen molar-refractivity contribution in [1.29, 1.82) is 0 Å². The largest absolute Gasteiger partial charge is 0.302 e. The number of nitrogens with zero attached hydrogens (tertiary/aromatic N) is 4. The van der Waals surface area contributed by atoms with Crippen LogP contribution in [-0.4, -0.2) is 26.3 Å². The van der Waals surface area contributed by atoms with E-state index >= 15 is 0 Å². The topological polar surface area (TPSA) is 55.6 Å². The molecule has 2 heterocycles. The molecule has 108 valence electrons. The first-order valence-corrected chi connectivity index (χ1v) is 7.78. The van der Waals surface area contributed by atoms with Gasteiger partial charge in [-0.2, -0.15) is 5.10 Å². The van der Waals surface area contributed by atoms with Gasteiger partial charge in [-0.1, -0.05) is 13.8 Å². The number of hydrogen-bond donors (Lipinski definition) is 1. The second-order valence-electron chi connectivity index (χ2n) is 4.60. The predicted octanol–water partition coefficient (Wildman–Crippen LogP) is 2.93. The van der Waals surface area contributed by atoms with E-state index in [9.17, 15) is 0 Å². The summed E-state index contributed by atoms with van der Waals surface area (Å²) in [6.07, 6.45) is 7.49.